The molecule has 6 heterocycles. The van der Waals surface area contributed by atoms with E-state index < -0.39 is 24.3 Å². The number of hydrogen-bond donors (Lipinski definition) is 6. The Morgan fingerprint density at radius 3 is 1.29 bits per heavy atom. The molecule has 2 aliphatic carbocycles. The summed E-state index contributed by atoms with van der Waals surface area (Å²) in [4.78, 5) is 71.8. The van der Waals surface area contributed by atoms with Crippen LogP contribution in [-0.2, 0) is 19.1 Å². The van der Waals surface area contributed by atoms with Gasteiger partial charge in [0, 0.05) is 22.9 Å². The lowest BCUT2D eigenvalue weighted by Crippen LogP contribution is -2.62. The van der Waals surface area contributed by atoms with Crippen molar-refractivity contribution in [3.8, 4) is 33.6 Å². The third-order valence-corrected chi connectivity index (χ3v) is 14.8. The average molecular weight is 847 g/mol. The summed E-state index contributed by atoms with van der Waals surface area (Å²) < 4.78 is 10.8. The van der Waals surface area contributed by atoms with Gasteiger partial charge in [0.15, 0.2) is 0 Å². The Labute approximate surface area is 359 Å². The highest BCUT2D eigenvalue weighted by Gasteiger charge is 2.56. The zero-order valence-electron chi connectivity index (χ0n) is 35.0. The zero-order chi connectivity index (χ0) is 42.9. The number of hydrogen-bond acceptors (Lipinski definition) is 8. The van der Waals surface area contributed by atoms with Crippen molar-refractivity contribution in [3.63, 3.8) is 0 Å². The number of carboxylic acid groups (broad SMARTS) is 2. The van der Waals surface area contributed by atoms with Crippen LogP contribution in [0.2, 0.25) is 0 Å². The van der Waals surface area contributed by atoms with Gasteiger partial charge >= 0.3 is 12.2 Å². The van der Waals surface area contributed by atoms with Crippen LogP contribution in [0.1, 0.15) is 88.9 Å². The summed E-state index contributed by atoms with van der Waals surface area (Å²) in [6.45, 7) is 6.75. The van der Waals surface area contributed by atoms with Gasteiger partial charge in [0.25, 0.3) is 0 Å². The molecule has 2 spiro atoms. The monoisotopic (exact) mass is 846 g/mol. The number of amides is 4. The molecule has 62 heavy (non-hydrogen) atoms. The lowest BCUT2D eigenvalue weighted by molar-refractivity contribution is -0.186. The number of carbonyl (C=O) groups is 4. The number of benzene rings is 2. The van der Waals surface area contributed by atoms with Gasteiger partial charge in [-0.15, -0.1) is 0 Å². The summed E-state index contributed by atoms with van der Waals surface area (Å²) in [5, 5.41) is 24.4. The minimum absolute atomic E-state index is 0.0474. The number of ether oxygens (including phenoxy) is 2. The second kappa shape index (κ2) is 15.6. The van der Waals surface area contributed by atoms with Gasteiger partial charge in [0.1, 0.15) is 23.7 Å². The molecule has 4 aliphatic heterocycles. The molecule has 4 saturated heterocycles. The molecule has 6 fully saturated rings. The van der Waals surface area contributed by atoms with Gasteiger partial charge < -0.3 is 50.1 Å². The third-order valence-electron chi connectivity index (χ3n) is 14.8. The van der Waals surface area contributed by atoms with Crippen molar-refractivity contribution in [1.82, 2.24) is 40.4 Å². The van der Waals surface area contributed by atoms with Crippen LogP contribution in [0.3, 0.4) is 0 Å². The van der Waals surface area contributed by atoms with Crippen molar-refractivity contribution in [2.24, 2.45) is 22.7 Å². The van der Waals surface area contributed by atoms with Crippen LogP contribution < -0.4 is 10.6 Å². The molecule has 2 aromatic carbocycles. The molecule has 0 bridgehead atoms. The Morgan fingerprint density at radius 2 is 0.968 bits per heavy atom. The van der Waals surface area contributed by atoms with Gasteiger partial charge in [-0.1, -0.05) is 48.5 Å². The van der Waals surface area contributed by atoms with Gasteiger partial charge in [0.05, 0.1) is 62.3 Å². The number of nitrogens with zero attached hydrogens (tertiary/aromatic N) is 4. The normalized spacial score (nSPS) is 26.8. The lowest BCUT2D eigenvalue weighted by atomic mass is 9.58. The maximum absolute atomic E-state index is 14.1. The van der Waals surface area contributed by atoms with Gasteiger partial charge in [-0.3, -0.25) is 9.59 Å². The Hall–Kier alpha value is -5.74. The molecule has 2 saturated carbocycles. The SMILES string of the molecule is C[C@H]1CC[C@@H](c2ncc(-c3ccc(-c4ccc(-c5cnc([C@@H]6CC[C@H](C)N6C(=O)[C@@H](NC(=O)O)C6CC7(COC7)C6)[nH]5)cc4)cc3)[nH]2)N1C(=O)[C@@H](NC(=O)O)C1CC2(COC2)C1. The minimum Gasteiger partial charge on any atom is -0.465 e. The maximum Gasteiger partial charge on any atom is 0.405 e. The van der Waals surface area contributed by atoms with Crippen molar-refractivity contribution in [2.45, 2.75) is 101 Å². The molecular weight excluding hydrogens is 793 g/mol. The Bertz CT molecular complexity index is 2170. The fourth-order valence-corrected chi connectivity index (χ4v) is 11.4. The predicted molar refractivity (Wildman–Crippen MR) is 225 cm³/mol. The topological polar surface area (TPSA) is 215 Å². The Kier molecular flexibility index (Phi) is 10.1. The molecule has 10 rings (SSSR count). The number of aromatic nitrogens is 4. The van der Waals surface area contributed by atoms with Crippen LogP contribution in [0.4, 0.5) is 9.59 Å². The molecule has 4 aromatic rings. The quantitative estimate of drug-likeness (QED) is 0.0982. The fourth-order valence-electron chi connectivity index (χ4n) is 11.4. The zero-order valence-corrected chi connectivity index (χ0v) is 35.0. The van der Waals surface area contributed by atoms with E-state index in [0.29, 0.717) is 38.1 Å². The van der Waals surface area contributed by atoms with Gasteiger partial charge in [-0.05, 0) is 99.3 Å². The first kappa shape index (κ1) is 40.3. The van der Waals surface area contributed by atoms with Crippen LogP contribution in [0.5, 0.6) is 0 Å². The summed E-state index contributed by atoms with van der Waals surface area (Å²) in [6, 6.07) is 14.2. The second-order valence-corrected chi connectivity index (χ2v) is 19.1. The van der Waals surface area contributed by atoms with Crippen LogP contribution in [0.25, 0.3) is 33.6 Å². The molecule has 326 valence electrons. The summed E-state index contributed by atoms with van der Waals surface area (Å²) in [5.74, 6) is 0.911. The predicted octanol–water partition coefficient (Wildman–Crippen LogP) is 6.36. The van der Waals surface area contributed by atoms with Gasteiger partial charge in [0.2, 0.25) is 11.8 Å². The van der Waals surface area contributed by atoms with Crippen LogP contribution in [-0.4, -0.2) is 115 Å². The average Bonchev–Trinajstić information content (AvgIpc) is 4.01. The number of carbonyl (C=O) groups excluding carboxylic acids is 2. The van der Waals surface area contributed by atoms with E-state index in [9.17, 15) is 29.4 Å². The third kappa shape index (κ3) is 7.20. The molecule has 0 radical (unpaired) electrons. The Morgan fingerprint density at radius 1 is 0.613 bits per heavy atom. The highest BCUT2D eigenvalue weighted by atomic mass is 16.5. The smallest absolute Gasteiger partial charge is 0.405 e. The van der Waals surface area contributed by atoms with Gasteiger partial charge in [-0.2, -0.15) is 0 Å². The number of aromatic amines is 2. The van der Waals surface area contributed by atoms with E-state index in [0.717, 1.165) is 85.0 Å². The van der Waals surface area contributed by atoms with Crippen molar-refractivity contribution >= 4 is 24.0 Å². The summed E-state index contributed by atoms with van der Waals surface area (Å²) >= 11 is 0. The summed E-state index contributed by atoms with van der Waals surface area (Å²) in [5.41, 5.74) is 5.85. The van der Waals surface area contributed by atoms with E-state index in [1.807, 2.05) is 47.9 Å². The van der Waals surface area contributed by atoms with Crippen LogP contribution in [0.15, 0.2) is 60.9 Å². The van der Waals surface area contributed by atoms with Crippen LogP contribution in [0, 0.1) is 22.7 Å². The summed E-state index contributed by atoms with van der Waals surface area (Å²) in [6.07, 6.45) is 7.42. The molecule has 4 amide bonds. The first-order valence-electron chi connectivity index (χ1n) is 22.0. The fraction of sp³-hybridized carbons (Fsp3) is 0.522. The largest absolute Gasteiger partial charge is 0.465 e. The number of nitrogens with one attached hydrogen (secondary N) is 4. The molecule has 2 aromatic heterocycles. The van der Waals surface area contributed by atoms with E-state index >= 15 is 0 Å². The minimum atomic E-state index is -1.19. The molecular formula is C46H54N8O8. The van der Waals surface area contributed by atoms with E-state index in [4.69, 9.17) is 19.4 Å². The first-order chi connectivity index (χ1) is 29.9. The first-order valence-corrected chi connectivity index (χ1v) is 22.0. The standard InChI is InChI=1S/C46H54N8O8/c1-25-3-13-35(53(25)41(55)37(51-43(57)58)31-15-45(16-31)21-61-22-45)39-47-19-33(49-39)29-9-5-27(6-10-29)28-7-11-30(12-8-28)34-20-48-40(50-34)36-14-4-26(2)54(36)42(56)38(52-44(59)60)32-17-46(18-32)23-62-24-46/h5-12,19-20,25-26,31-32,35-38,51-52H,3-4,13-18,21-24H2,1-2H3,(H,47,49)(H,48,50)(H,57,58)(H,59,60)/t25-,26-,35-,36-,37-,38-/m0/s1. The van der Waals surface area contributed by atoms with Crippen molar-refractivity contribution in [1.29, 1.82) is 0 Å². The molecule has 16 nitrogen and oxygen atoms in total. The van der Waals surface area contributed by atoms with Crippen molar-refractivity contribution < 1.29 is 38.9 Å². The molecule has 0 unspecified atom stereocenters. The highest BCUT2D eigenvalue weighted by Crippen LogP contribution is 2.54. The number of imidazole rings is 2. The lowest BCUT2D eigenvalue weighted by Gasteiger charge is -2.55. The highest BCUT2D eigenvalue weighted by molar-refractivity contribution is 5.87. The van der Waals surface area contributed by atoms with Crippen molar-refractivity contribution in [2.75, 3.05) is 26.4 Å². The van der Waals surface area contributed by atoms with E-state index in [1.54, 1.807) is 12.4 Å². The van der Waals surface area contributed by atoms with E-state index in [1.165, 1.54) is 0 Å². The number of H-pyrrole nitrogens is 2. The Balaban J connectivity index is 0.793. The maximum atomic E-state index is 14.1. The van der Waals surface area contributed by atoms with Gasteiger partial charge in [-0.25, -0.2) is 19.6 Å². The molecule has 16 heteroatoms. The summed E-state index contributed by atoms with van der Waals surface area (Å²) in [7, 11) is 0. The van der Waals surface area contributed by atoms with E-state index in [-0.39, 0.29) is 58.6 Å². The molecule has 6 aliphatic rings. The second-order valence-electron chi connectivity index (χ2n) is 19.1. The van der Waals surface area contributed by atoms with Crippen LogP contribution >= 0.6 is 0 Å². The number of rotatable bonds is 11. The molecule has 6 atom stereocenters. The number of likely N-dealkylation sites (tertiary alicyclic amines) is 2. The molecule has 6 N–H and O–H groups in total. The van der Waals surface area contributed by atoms with E-state index in [2.05, 4.69) is 44.9 Å². The van der Waals surface area contributed by atoms with Crippen molar-refractivity contribution in [3.05, 3.63) is 72.6 Å².